The molecule has 1 heterocycles. The van der Waals surface area contributed by atoms with E-state index in [1.54, 1.807) is 18.2 Å². The summed E-state index contributed by atoms with van der Waals surface area (Å²) in [7, 11) is 0. The van der Waals surface area contributed by atoms with Gasteiger partial charge in [-0.15, -0.1) is 6.58 Å². The molecule has 6 heteroatoms. The maximum absolute atomic E-state index is 11.9. The van der Waals surface area contributed by atoms with Gasteiger partial charge in [0, 0.05) is 29.6 Å². The molecule has 0 unspecified atom stereocenters. The molecule has 0 aromatic rings. The van der Waals surface area contributed by atoms with Crippen LogP contribution in [-0.2, 0) is 9.59 Å². The zero-order chi connectivity index (χ0) is 12.2. The van der Waals surface area contributed by atoms with E-state index in [1.165, 1.54) is 0 Å². The zero-order valence-corrected chi connectivity index (χ0v) is 12.9. The van der Waals surface area contributed by atoms with Gasteiger partial charge in [-0.3, -0.25) is 9.59 Å². The molecule has 17 heavy (non-hydrogen) atoms. The maximum Gasteiger partial charge on any atom is 0.242 e. The molecule has 1 aliphatic rings. The van der Waals surface area contributed by atoms with Crippen molar-refractivity contribution in [1.29, 1.82) is 0 Å². The molecular formula is C11H14N2NaO2S. The van der Waals surface area contributed by atoms with E-state index in [-0.39, 0.29) is 52.9 Å². The minimum absolute atomic E-state index is 0. The molecule has 1 fully saturated rings. The molecule has 0 spiro atoms. The molecule has 4 nitrogen and oxygen atoms in total. The molecule has 1 aliphatic heterocycles. The summed E-state index contributed by atoms with van der Waals surface area (Å²) in [4.78, 5) is 23.8. The fourth-order valence-corrected chi connectivity index (χ4v) is 1.78. The second-order valence-electron chi connectivity index (χ2n) is 3.59. The molecule has 1 saturated heterocycles. The van der Waals surface area contributed by atoms with Gasteiger partial charge >= 0.3 is 0 Å². The van der Waals surface area contributed by atoms with Gasteiger partial charge in [0.15, 0.2) is 5.11 Å². The Morgan fingerprint density at radius 2 is 1.82 bits per heavy atom. The van der Waals surface area contributed by atoms with Crippen LogP contribution in [0.5, 0.6) is 0 Å². The average Bonchev–Trinajstić information content (AvgIpc) is 2.22. The molecule has 2 amide bonds. The molecule has 0 bridgehead atoms. The third kappa shape index (κ3) is 3.48. The molecule has 1 rings (SSSR count). The topological polar surface area (TPSA) is 58.2 Å². The van der Waals surface area contributed by atoms with Crippen LogP contribution in [0.3, 0.4) is 0 Å². The van der Waals surface area contributed by atoms with Gasteiger partial charge < -0.3 is 10.6 Å². The number of thiocarbonyl (C=S) groups is 1. The third-order valence-electron chi connectivity index (χ3n) is 2.52. The fraction of sp³-hybridized carbons (Fsp3) is 0.364. The molecule has 0 atom stereocenters. The van der Waals surface area contributed by atoms with Gasteiger partial charge in [-0.1, -0.05) is 18.2 Å². The van der Waals surface area contributed by atoms with Crippen molar-refractivity contribution in [3.8, 4) is 0 Å². The predicted molar refractivity (Wildman–Crippen MR) is 71.3 cm³/mol. The van der Waals surface area contributed by atoms with Crippen LogP contribution in [0.15, 0.2) is 24.8 Å². The van der Waals surface area contributed by atoms with E-state index in [1.807, 2.05) is 6.92 Å². The van der Waals surface area contributed by atoms with Crippen molar-refractivity contribution in [2.24, 2.45) is 5.41 Å². The number of nitrogens with one attached hydrogen (secondary N) is 2. The van der Waals surface area contributed by atoms with E-state index in [9.17, 15) is 9.59 Å². The van der Waals surface area contributed by atoms with Crippen LogP contribution in [-0.4, -0.2) is 46.5 Å². The third-order valence-corrected chi connectivity index (χ3v) is 2.72. The summed E-state index contributed by atoms with van der Waals surface area (Å²) in [5, 5.41) is 5.01. The standard InChI is InChI=1S/C11H14N2O2S.Na/c1-3-5-7-11(6-4-2)8(14)12-10(16)13-9(11)15;/h3-5H,2,6-7H2,1H3,(H2,12,13,14,15,16);. The molecule has 0 aromatic heterocycles. The second-order valence-corrected chi connectivity index (χ2v) is 3.99. The van der Waals surface area contributed by atoms with E-state index >= 15 is 0 Å². The summed E-state index contributed by atoms with van der Waals surface area (Å²) in [6, 6.07) is 0. The van der Waals surface area contributed by atoms with Crippen LogP contribution in [0.25, 0.3) is 0 Å². The SMILES string of the molecule is C=CCC1(CC=CC)C(=O)NC(=S)NC1=O.[Na]. The number of hydrogen-bond donors (Lipinski definition) is 2. The average molecular weight is 261 g/mol. The van der Waals surface area contributed by atoms with E-state index in [4.69, 9.17) is 12.2 Å². The summed E-state index contributed by atoms with van der Waals surface area (Å²) < 4.78 is 0. The number of rotatable bonds is 4. The minimum atomic E-state index is -1.11. The Balaban J connectivity index is 0.00000256. The largest absolute Gasteiger partial charge is 0.302 e. The van der Waals surface area contributed by atoms with Gasteiger partial charge in [-0.2, -0.15) is 0 Å². The normalized spacial score (nSPS) is 18.3. The van der Waals surface area contributed by atoms with E-state index in [0.29, 0.717) is 6.42 Å². The van der Waals surface area contributed by atoms with E-state index in [2.05, 4.69) is 17.2 Å². The van der Waals surface area contributed by atoms with Crippen molar-refractivity contribution in [2.75, 3.05) is 0 Å². The molecule has 0 saturated carbocycles. The first kappa shape index (κ1) is 16.5. The van der Waals surface area contributed by atoms with Crippen molar-refractivity contribution >= 4 is 58.7 Å². The van der Waals surface area contributed by atoms with Crippen LogP contribution >= 0.6 is 12.2 Å². The van der Waals surface area contributed by atoms with Gasteiger partial charge in [0.25, 0.3) is 0 Å². The van der Waals surface area contributed by atoms with Crippen molar-refractivity contribution in [3.63, 3.8) is 0 Å². The minimum Gasteiger partial charge on any atom is -0.302 e. The Bertz CT molecular complexity index is 360. The summed E-state index contributed by atoms with van der Waals surface area (Å²) in [5.41, 5.74) is -1.11. The van der Waals surface area contributed by atoms with Crippen molar-refractivity contribution < 1.29 is 9.59 Å². The zero-order valence-electron chi connectivity index (χ0n) is 10.1. The number of carbonyl (C=O) groups is 2. The number of allylic oxidation sites excluding steroid dienone is 3. The Hall–Kier alpha value is -0.490. The monoisotopic (exact) mass is 261 g/mol. The van der Waals surface area contributed by atoms with E-state index in [0.717, 1.165) is 0 Å². The van der Waals surface area contributed by atoms with Crippen LogP contribution in [0.4, 0.5) is 0 Å². The van der Waals surface area contributed by atoms with Gasteiger partial charge in [0.05, 0.1) is 0 Å². The Labute approximate surface area is 128 Å². The Morgan fingerprint density at radius 3 is 2.24 bits per heavy atom. The smallest absolute Gasteiger partial charge is 0.242 e. The van der Waals surface area contributed by atoms with Gasteiger partial charge in [0.1, 0.15) is 5.41 Å². The quantitative estimate of drug-likeness (QED) is 0.338. The Kier molecular flexibility index (Phi) is 6.85. The number of hydrogen-bond acceptors (Lipinski definition) is 3. The van der Waals surface area contributed by atoms with E-state index < -0.39 is 5.41 Å². The van der Waals surface area contributed by atoms with Crippen LogP contribution < -0.4 is 10.6 Å². The first-order chi connectivity index (χ1) is 7.56. The first-order valence-electron chi connectivity index (χ1n) is 4.95. The molecule has 87 valence electrons. The summed E-state index contributed by atoms with van der Waals surface area (Å²) in [6.45, 7) is 5.42. The van der Waals surface area contributed by atoms with Crippen molar-refractivity contribution in [1.82, 2.24) is 10.6 Å². The molecule has 2 N–H and O–H groups in total. The maximum atomic E-state index is 11.9. The van der Waals surface area contributed by atoms with Crippen LogP contribution in [0.1, 0.15) is 19.8 Å². The molecular weight excluding hydrogens is 247 g/mol. The number of carbonyl (C=O) groups excluding carboxylic acids is 2. The van der Waals surface area contributed by atoms with Crippen molar-refractivity contribution in [2.45, 2.75) is 19.8 Å². The second kappa shape index (κ2) is 7.06. The number of amides is 2. The van der Waals surface area contributed by atoms with Crippen LogP contribution in [0.2, 0.25) is 0 Å². The molecule has 1 radical (unpaired) electrons. The Morgan fingerprint density at radius 1 is 1.29 bits per heavy atom. The van der Waals surface area contributed by atoms with Crippen molar-refractivity contribution in [3.05, 3.63) is 24.8 Å². The van der Waals surface area contributed by atoms with Crippen LogP contribution in [0, 0.1) is 5.41 Å². The van der Waals surface area contributed by atoms with Gasteiger partial charge in [-0.25, -0.2) is 0 Å². The predicted octanol–water partition coefficient (Wildman–Crippen LogP) is 0.665. The van der Waals surface area contributed by atoms with Gasteiger partial charge in [0.2, 0.25) is 11.8 Å². The fourth-order valence-electron chi connectivity index (χ4n) is 1.60. The summed E-state index contributed by atoms with van der Waals surface area (Å²) >= 11 is 4.75. The first-order valence-corrected chi connectivity index (χ1v) is 5.36. The molecule has 0 aliphatic carbocycles. The molecule has 0 aromatic carbocycles. The van der Waals surface area contributed by atoms with Gasteiger partial charge in [-0.05, 0) is 32.0 Å². The summed E-state index contributed by atoms with van der Waals surface area (Å²) in [5.74, 6) is -0.724. The summed E-state index contributed by atoms with van der Waals surface area (Å²) in [6.07, 6.45) is 5.79.